The lowest BCUT2D eigenvalue weighted by Gasteiger charge is -2.07. The SMILES string of the molecule is N#Cc1cc(C(=O)O)ccc1Oc1cccc(F)c1. The molecule has 0 aromatic heterocycles. The fourth-order valence-corrected chi connectivity index (χ4v) is 1.50. The third-order valence-electron chi connectivity index (χ3n) is 2.37. The van der Waals surface area contributed by atoms with Crippen molar-refractivity contribution < 1.29 is 19.0 Å². The average molecular weight is 257 g/mol. The molecule has 0 aliphatic carbocycles. The van der Waals surface area contributed by atoms with E-state index in [0.717, 1.165) is 0 Å². The lowest BCUT2D eigenvalue weighted by Crippen LogP contribution is -1.98. The van der Waals surface area contributed by atoms with Crippen molar-refractivity contribution in [1.82, 2.24) is 0 Å². The first-order valence-electron chi connectivity index (χ1n) is 5.31. The van der Waals surface area contributed by atoms with Crippen LogP contribution in [0.1, 0.15) is 15.9 Å². The van der Waals surface area contributed by atoms with E-state index in [4.69, 9.17) is 15.1 Å². The zero-order valence-corrected chi connectivity index (χ0v) is 9.63. The number of benzene rings is 2. The second kappa shape index (κ2) is 5.19. The molecule has 5 heteroatoms. The maximum atomic E-state index is 13.0. The number of nitriles is 1. The van der Waals surface area contributed by atoms with Gasteiger partial charge < -0.3 is 9.84 Å². The van der Waals surface area contributed by atoms with Gasteiger partial charge in [0.2, 0.25) is 0 Å². The summed E-state index contributed by atoms with van der Waals surface area (Å²) in [6, 6.07) is 11.2. The quantitative estimate of drug-likeness (QED) is 0.916. The molecule has 19 heavy (non-hydrogen) atoms. The van der Waals surface area contributed by atoms with E-state index in [0.29, 0.717) is 0 Å². The summed E-state index contributed by atoms with van der Waals surface area (Å²) in [6.07, 6.45) is 0. The predicted octanol–water partition coefficient (Wildman–Crippen LogP) is 3.19. The molecule has 2 aromatic rings. The minimum absolute atomic E-state index is 0.0110. The smallest absolute Gasteiger partial charge is 0.335 e. The first kappa shape index (κ1) is 12.6. The van der Waals surface area contributed by atoms with Gasteiger partial charge in [-0.15, -0.1) is 0 Å². The van der Waals surface area contributed by atoms with Crippen LogP contribution in [-0.2, 0) is 0 Å². The molecule has 0 heterocycles. The third-order valence-corrected chi connectivity index (χ3v) is 2.37. The van der Waals surface area contributed by atoms with Crippen molar-refractivity contribution in [2.75, 3.05) is 0 Å². The van der Waals surface area contributed by atoms with Crippen LogP contribution in [0.5, 0.6) is 11.5 Å². The van der Waals surface area contributed by atoms with E-state index < -0.39 is 11.8 Å². The summed E-state index contributed by atoms with van der Waals surface area (Å²) in [5.74, 6) is -1.18. The van der Waals surface area contributed by atoms with Crippen LogP contribution in [0.25, 0.3) is 0 Å². The van der Waals surface area contributed by atoms with Crippen LogP contribution in [0.2, 0.25) is 0 Å². The Balaban J connectivity index is 2.36. The highest BCUT2D eigenvalue weighted by atomic mass is 19.1. The van der Waals surface area contributed by atoms with Crippen molar-refractivity contribution in [2.45, 2.75) is 0 Å². The molecule has 0 saturated heterocycles. The number of halogens is 1. The lowest BCUT2D eigenvalue weighted by molar-refractivity contribution is 0.0697. The van der Waals surface area contributed by atoms with Crippen molar-refractivity contribution in [3.8, 4) is 17.6 Å². The maximum Gasteiger partial charge on any atom is 0.335 e. The Bertz CT molecular complexity index is 677. The van der Waals surface area contributed by atoms with Crippen LogP contribution >= 0.6 is 0 Å². The zero-order valence-electron chi connectivity index (χ0n) is 9.63. The predicted molar refractivity (Wildman–Crippen MR) is 64.6 cm³/mol. The average Bonchev–Trinajstić information content (AvgIpc) is 2.39. The van der Waals surface area contributed by atoms with Gasteiger partial charge in [-0.05, 0) is 30.3 Å². The first-order chi connectivity index (χ1) is 9.10. The highest BCUT2D eigenvalue weighted by Gasteiger charge is 2.10. The second-order valence-corrected chi connectivity index (χ2v) is 3.69. The number of nitrogens with zero attached hydrogens (tertiary/aromatic N) is 1. The molecule has 2 rings (SSSR count). The third kappa shape index (κ3) is 2.87. The van der Waals surface area contributed by atoms with E-state index in [1.165, 1.54) is 42.5 Å². The molecule has 1 N–H and O–H groups in total. The molecule has 2 aromatic carbocycles. The molecule has 0 aliphatic rings. The summed E-state index contributed by atoms with van der Waals surface area (Å²) in [6.45, 7) is 0. The standard InChI is InChI=1S/C14H8FNO3/c15-11-2-1-3-12(7-11)19-13-5-4-9(14(17)18)6-10(13)8-16/h1-7H,(H,17,18). The minimum Gasteiger partial charge on any atom is -0.478 e. The summed E-state index contributed by atoms with van der Waals surface area (Å²) in [7, 11) is 0. The largest absolute Gasteiger partial charge is 0.478 e. The molecular weight excluding hydrogens is 249 g/mol. The van der Waals surface area contributed by atoms with Gasteiger partial charge in [0.15, 0.2) is 0 Å². The van der Waals surface area contributed by atoms with Crippen LogP contribution in [0, 0.1) is 17.1 Å². The molecule has 0 spiro atoms. The number of carbonyl (C=O) groups is 1. The number of aromatic carboxylic acids is 1. The van der Waals surface area contributed by atoms with Crippen LogP contribution < -0.4 is 4.74 Å². The van der Waals surface area contributed by atoms with Crippen LogP contribution in [0.4, 0.5) is 4.39 Å². The highest BCUT2D eigenvalue weighted by molar-refractivity contribution is 5.88. The maximum absolute atomic E-state index is 13.0. The minimum atomic E-state index is -1.13. The van der Waals surface area contributed by atoms with Crippen molar-refractivity contribution in [3.05, 3.63) is 59.4 Å². The summed E-state index contributed by atoms with van der Waals surface area (Å²) in [4.78, 5) is 10.8. The molecule has 94 valence electrons. The molecule has 0 aliphatic heterocycles. The monoisotopic (exact) mass is 257 g/mol. The first-order valence-corrected chi connectivity index (χ1v) is 5.31. The highest BCUT2D eigenvalue weighted by Crippen LogP contribution is 2.26. The topological polar surface area (TPSA) is 70.3 Å². The molecule has 0 fully saturated rings. The number of hydrogen-bond donors (Lipinski definition) is 1. The number of carboxylic acids is 1. The van der Waals surface area contributed by atoms with Crippen molar-refractivity contribution in [3.63, 3.8) is 0 Å². The van der Waals surface area contributed by atoms with Crippen molar-refractivity contribution >= 4 is 5.97 Å². The van der Waals surface area contributed by atoms with Gasteiger partial charge in [0.1, 0.15) is 23.4 Å². The van der Waals surface area contributed by atoms with E-state index in [1.807, 2.05) is 6.07 Å². The number of ether oxygens (including phenoxy) is 1. The Morgan fingerprint density at radius 1 is 1.26 bits per heavy atom. The van der Waals surface area contributed by atoms with Crippen molar-refractivity contribution in [1.29, 1.82) is 5.26 Å². The van der Waals surface area contributed by atoms with Crippen molar-refractivity contribution in [2.24, 2.45) is 0 Å². The van der Waals surface area contributed by atoms with Crippen LogP contribution in [0.15, 0.2) is 42.5 Å². The second-order valence-electron chi connectivity index (χ2n) is 3.69. The van der Waals surface area contributed by atoms with Gasteiger partial charge in [-0.3, -0.25) is 0 Å². The zero-order chi connectivity index (χ0) is 13.8. The van der Waals surface area contributed by atoms with Gasteiger partial charge in [-0.25, -0.2) is 9.18 Å². The van der Waals surface area contributed by atoms with E-state index >= 15 is 0 Å². The molecular formula is C14H8FNO3. The Hall–Kier alpha value is -2.87. The van der Waals surface area contributed by atoms with Gasteiger partial charge >= 0.3 is 5.97 Å². The summed E-state index contributed by atoms with van der Waals surface area (Å²) >= 11 is 0. The van der Waals surface area contributed by atoms with Crippen LogP contribution in [0.3, 0.4) is 0 Å². The van der Waals surface area contributed by atoms with Gasteiger partial charge in [0.05, 0.1) is 11.1 Å². The van der Waals surface area contributed by atoms with Gasteiger partial charge in [-0.1, -0.05) is 6.07 Å². The number of hydrogen-bond acceptors (Lipinski definition) is 3. The van der Waals surface area contributed by atoms with E-state index in [9.17, 15) is 9.18 Å². The van der Waals surface area contributed by atoms with Gasteiger partial charge in [0, 0.05) is 6.07 Å². The molecule has 0 atom stereocenters. The Kier molecular flexibility index (Phi) is 3.44. The molecule has 0 saturated carbocycles. The molecule has 4 nitrogen and oxygen atoms in total. The number of carboxylic acid groups (broad SMARTS) is 1. The molecule has 0 bridgehead atoms. The van der Waals surface area contributed by atoms with E-state index in [2.05, 4.69) is 0 Å². The number of rotatable bonds is 3. The molecule has 0 amide bonds. The Labute approximate surface area is 108 Å². The lowest BCUT2D eigenvalue weighted by atomic mass is 10.1. The normalized spacial score (nSPS) is 9.68. The summed E-state index contributed by atoms with van der Waals surface area (Å²) in [5.41, 5.74) is 0.0623. The Morgan fingerprint density at radius 3 is 2.68 bits per heavy atom. The molecule has 0 radical (unpaired) electrons. The van der Waals surface area contributed by atoms with Crippen LogP contribution in [-0.4, -0.2) is 11.1 Å². The van der Waals surface area contributed by atoms with E-state index in [1.54, 1.807) is 0 Å². The summed E-state index contributed by atoms with van der Waals surface area (Å²) in [5, 5.41) is 17.8. The van der Waals surface area contributed by atoms with E-state index in [-0.39, 0.29) is 22.6 Å². The fraction of sp³-hybridized carbons (Fsp3) is 0. The van der Waals surface area contributed by atoms with Gasteiger partial charge in [0.25, 0.3) is 0 Å². The Morgan fingerprint density at radius 2 is 2.05 bits per heavy atom. The fourth-order valence-electron chi connectivity index (χ4n) is 1.50. The molecule has 0 unspecified atom stereocenters. The van der Waals surface area contributed by atoms with Gasteiger partial charge in [-0.2, -0.15) is 5.26 Å². The summed E-state index contributed by atoms with van der Waals surface area (Å²) < 4.78 is 18.4.